The first-order chi connectivity index (χ1) is 9.06. The van der Waals surface area contributed by atoms with Crippen LogP contribution >= 0.6 is 11.3 Å². The van der Waals surface area contributed by atoms with Gasteiger partial charge in [-0.3, -0.25) is 5.32 Å². The van der Waals surface area contributed by atoms with E-state index in [-0.39, 0.29) is 6.17 Å². The Balaban J connectivity index is 1.93. The van der Waals surface area contributed by atoms with Gasteiger partial charge in [-0.25, -0.2) is 9.98 Å². The molecule has 1 atom stereocenters. The van der Waals surface area contributed by atoms with Crippen LogP contribution in [0.3, 0.4) is 0 Å². The molecule has 104 valence electrons. The molecule has 0 aromatic carbocycles. The van der Waals surface area contributed by atoms with E-state index in [1.54, 1.807) is 11.3 Å². The van der Waals surface area contributed by atoms with E-state index in [0.717, 1.165) is 24.9 Å². The Hall–Kier alpha value is -1.56. The average Bonchev–Trinajstić information content (AvgIpc) is 2.88. The van der Waals surface area contributed by atoms with Crippen molar-refractivity contribution in [1.82, 2.24) is 15.1 Å². The van der Waals surface area contributed by atoms with E-state index in [1.165, 1.54) is 5.56 Å². The second kappa shape index (κ2) is 6.06. The van der Waals surface area contributed by atoms with Crippen LogP contribution in [0.2, 0.25) is 0 Å². The third-order valence-electron chi connectivity index (χ3n) is 2.94. The first-order valence-corrected chi connectivity index (χ1v) is 7.32. The molecule has 6 heteroatoms. The minimum atomic E-state index is -0.0303. The molecule has 1 aromatic rings. The van der Waals surface area contributed by atoms with Crippen molar-refractivity contribution in [1.29, 1.82) is 0 Å². The minimum Gasteiger partial charge on any atom is -0.349 e. The van der Waals surface area contributed by atoms with Crippen LogP contribution in [0.5, 0.6) is 0 Å². The summed E-state index contributed by atoms with van der Waals surface area (Å²) in [5.41, 5.74) is 1.38. The smallest absolute Gasteiger partial charge is 0.202 e. The van der Waals surface area contributed by atoms with Gasteiger partial charge >= 0.3 is 0 Å². The molecule has 0 bridgehead atoms. The Morgan fingerprint density at radius 1 is 1.26 bits per heavy atom. The van der Waals surface area contributed by atoms with Crippen LogP contribution in [0.4, 0.5) is 0 Å². The maximum absolute atomic E-state index is 4.53. The van der Waals surface area contributed by atoms with Gasteiger partial charge in [0, 0.05) is 27.7 Å². The maximum atomic E-state index is 4.53. The van der Waals surface area contributed by atoms with Crippen LogP contribution in [-0.2, 0) is 6.42 Å². The van der Waals surface area contributed by atoms with Gasteiger partial charge in [0.15, 0.2) is 0 Å². The molecular formula is C13H21N5S. The standard InChI is InChI=1S/C13H21N5S/c1-10-14-12(17(2)3)16-13(15-10)18(4)7-5-11-6-8-19-9-11/h6,8-10H,5,7H2,1-4H3,(H,14,15,16). The monoisotopic (exact) mass is 279 g/mol. The number of guanidine groups is 2. The first-order valence-electron chi connectivity index (χ1n) is 6.38. The lowest BCUT2D eigenvalue weighted by molar-refractivity contribution is 0.476. The van der Waals surface area contributed by atoms with Gasteiger partial charge in [0.2, 0.25) is 11.9 Å². The number of nitrogens with one attached hydrogen (secondary N) is 1. The lowest BCUT2D eigenvalue weighted by atomic mass is 10.2. The molecule has 1 N–H and O–H groups in total. The average molecular weight is 279 g/mol. The summed E-state index contributed by atoms with van der Waals surface area (Å²) in [6.07, 6.45) is 1.00. The Labute approximate surface area is 118 Å². The summed E-state index contributed by atoms with van der Waals surface area (Å²) in [6.45, 7) is 2.94. The van der Waals surface area contributed by atoms with Crippen molar-refractivity contribution in [3.05, 3.63) is 22.4 Å². The SMILES string of the molecule is CC1N=C(N(C)C)NC(N(C)CCc2ccsc2)=N1. The van der Waals surface area contributed by atoms with Crippen LogP contribution in [0.1, 0.15) is 12.5 Å². The number of rotatable bonds is 3. The van der Waals surface area contributed by atoms with Crippen molar-refractivity contribution in [3.63, 3.8) is 0 Å². The van der Waals surface area contributed by atoms with Crippen molar-refractivity contribution < 1.29 is 0 Å². The molecule has 5 nitrogen and oxygen atoms in total. The number of hydrogen-bond acceptors (Lipinski definition) is 6. The van der Waals surface area contributed by atoms with Crippen LogP contribution in [-0.4, -0.2) is 55.6 Å². The molecule has 0 amide bonds. The van der Waals surface area contributed by atoms with Gasteiger partial charge < -0.3 is 9.80 Å². The molecule has 0 radical (unpaired) electrons. The van der Waals surface area contributed by atoms with Gasteiger partial charge in [-0.05, 0) is 35.7 Å². The van der Waals surface area contributed by atoms with Crippen LogP contribution < -0.4 is 5.32 Å². The molecule has 0 fully saturated rings. The first kappa shape index (κ1) is 13.9. The van der Waals surface area contributed by atoms with Crippen molar-refractivity contribution in [2.24, 2.45) is 9.98 Å². The van der Waals surface area contributed by atoms with Crippen LogP contribution in [0.15, 0.2) is 26.8 Å². The van der Waals surface area contributed by atoms with Crippen LogP contribution in [0.25, 0.3) is 0 Å². The summed E-state index contributed by atoms with van der Waals surface area (Å²) in [5.74, 6) is 1.75. The molecular weight excluding hydrogens is 258 g/mol. The highest BCUT2D eigenvalue weighted by Crippen LogP contribution is 2.08. The second-order valence-electron chi connectivity index (χ2n) is 4.86. The van der Waals surface area contributed by atoms with E-state index >= 15 is 0 Å². The predicted molar refractivity (Wildman–Crippen MR) is 81.8 cm³/mol. The van der Waals surface area contributed by atoms with Crippen molar-refractivity contribution in [2.45, 2.75) is 19.5 Å². The van der Waals surface area contributed by atoms with E-state index in [9.17, 15) is 0 Å². The van der Waals surface area contributed by atoms with E-state index in [4.69, 9.17) is 0 Å². The summed E-state index contributed by atoms with van der Waals surface area (Å²) in [7, 11) is 6.02. The number of hydrogen-bond donors (Lipinski definition) is 1. The summed E-state index contributed by atoms with van der Waals surface area (Å²) >= 11 is 1.74. The zero-order chi connectivity index (χ0) is 13.8. The quantitative estimate of drug-likeness (QED) is 0.910. The topological polar surface area (TPSA) is 43.2 Å². The Bertz CT molecular complexity index is 463. The highest BCUT2D eigenvalue weighted by Gasteiger charge is 2.17. The fraction of sp³-hybridized carbons (Fsp3) is 0.538. The van der Waals surface area contributed by atoms with Gasteiger partial charge in [0.25, 0.3) is 0 Å². The molecule has 2 heterocycles. The summed E-state index contributed by atoms with van der Waals surface area (Å²) in [6, 6.07) is 2.17. The zero-order valence-corrected chi connectivity index (χ0v) is 12.7. The Morgan fingerprint density at radius 3 is 2.63 bits per heavy atom. The minimum absolute atomic E-state index is 0.0303. The Morgan fingerprint density at radius 2 is 2.00 bits per heavy atom. The van der Waals surface area contributed by atoms with E-state index < -0.39 is 0 Å². The summed E-state index contributed by atoms with van der Waals surface area (Å²) in [5, 5.41) is 7.58. The fourth-order valence-corrected chi connectivity index (χ4v) is 2.51. The molecule has 1 aliphatic rings. The van der Waals surface area contributed by atoms with E-state index in [0.29, 0.717) is 0 Å². The second-order valence-corrected chi connectivity index (χ2v) is 5.64. The van der Waals surface area contributed by atoms with Crippen molar-refractivity contribution >= 4 is 23.3 Å². The predicted octanol–water partition coefficient (Wildman–Crippen LogP) is 1.45. The third kappa shape index (κ3) is 3.70. The van der Waals surface area contributed by atoms with Crippen LogP contribution in [0, 0.1) is 0 Å². The van der Waals surface area contributed by atoms with E-state index in [2.05, 4.69) is 44.1 Å². The van der Waals surface area contributed by atoms with Gasteiger partial charge in [-0.15, -0.1) is 0 Å². The molecule has 0 aliphatic carbocycles. The summed E-state index contributed by atoms with van der Waals surface area (Å²) < 4.78 is 0. The molecule has 2 rings (SSSR count). The number of nitrogens with zero attached hydrogens (tertiary/aromatic N) is 4. The van der Waals surface area contributed by atoms with Gasteiger partial charge in [-0.2, -0.15) is 11.3 Å². The highest BCUT2D eigenvalue weighted by molar-refractivity contribution is 7.07. The zero-order valence-electron chi connectivity index (χ0n) is 11.9. The molecule has 0 spiro atoms. The normalized spacial score (nSPS) is 18.4. The number of likely N-dealkylation sites (N-methyl/N-ethyl adjacent to an activating group) is 1. The molecule has 1 aliphatic heterocycles. The number of aliphatic imine (C=N–C) groups is 2. The maximum Gasteiger partial charge on any atom is 0.202 e. The van der Waals surface area contributed by atoms with Gasteiger partial charge in [-0.1, -0.05) is 0 Å². The molecule has 1 unspecified atom stereocenters. The lowest BCUT2D eigenvalue weighted by Gasteiger charge is -2.29. The Kier molecular flexibility index (Phi) is 4.42. The molecule has 19 heavy (non-hydrogen) atoms. The van der Waals surface area contributed by atoms with E-state index in [1.807, 2.05) is 25.9 Å². The van der Waals surface area contributed by atoms with Gasteiger partial charge in [0.05, 0.1) is 0 Å². The van der Waals surface area contributed by atoms with Crippen molar-refractivity contribution in [2.75, 3.05) is 27.7 Å². The highest BCUT2D eigenvalue weighted by atomic mass is 32.1. The third-order valence-corrected chi connectivity index (χ3v) is 3.68. The van der Waals surface area contributed by atoms with Crippen molar-refractivity contribution in [3.8, 4) is 0 Å². The van der Waals surface area contributed by atoms with Gasteiger partial charge in [0.1, 0.15) is 6.17 Å². The molecule has 0 saturated carbocycles. The lowest BCUT2D eigenvalue weighted by Crippen LogP contribution is -2.50. The molecule has 0 saturated heterocycles. The summed E-state index contributed by atoms with van der Waals surface area (Å²) in [4.78, 5) is 13.1. The number of thiophene rings is 1. The fourth-order valence-electron chi connectivity index (χ4n) is 1.81. The molecule has 1 aromatic heterocycles. The largest absolute Gasteiger partial charge is 0.349 e.